The van der Waals surface area contributed by atoms with Crippen molar-refractivity contribution in [2.75, 3.05) is 7.11 Å². The van der Waals surface area contributed by atoms with Crippen LogP contribution in [0.25, 0.3) is 16.7 Å². The number of benzene rings is 2. The highest BCUT2D eigenvalue weighted by molar-refractivity contribution is 7.71. The van der Waals surface area contributed by atoms with Gasteiger partial charge in [0.2, 0.25) is 0 Å². The number of hydrogen-bond acceptors (Lipinski definition) is 2. The maximum Gasteiger partial charge on any atom is 0.182 e. The van der Waals surface area contributed by atoms with Gasteiger partial charge in [0.05, 0.1) is 23.8 Å². The number of nitrogens with zero attached hydrogens (tertiary/aromatic N) is 1. The average Bonchev–Trinajstić information content (AvgIpc) is 2.76. The lowest BCUT2D eigenvalue weighted by Gasteiger charge is -2.10. The summed E-state index contributed by atoms with van der Waals surface area (Å²) in [6.45, 7) is 2.07. The molecule has 0 saturated heterocycles. The number of ether oxygens (including phenoxy) is 1. The second-order valence-electron chi connectivity index (χ2n) is 4.41. The fraction of sp³-hybridized carbons (Fsp3) is 0.133. The molecule has 0 fully saturated rings. The van der Waals surface area contributed by atoms with E-state index in [1.807, 2.05) is 34.9 Å². The Kier molecular flexibility index (Phi) is 2.87. The van der Waals surface area contributed by atoms with Crippen LogP contribution in [-0.4, -0.2) is 16.7 Å². The molecule has 0 unspecified atom stereocenters. The van der Waals surface area contributed by atoms with E-state index in [0.29, 0.717) is 4.77 Å². The Bertz CT molecular complexity index is 801. The number of hydrogen-bond donors (Lipinski definition) is 1. The molecular weight excluding hydrogens is 256 g/mol. The van der Waals surface area contributed by atoms with Crippen molar-refractivity contribution in [3.8, 4) is 11.4 Å². The molecular formula is C15H14N2OS. The van der Waals surface area contributed by atoms with Crippen molar-refractivity contribution < 1.29 is 4.74 Å². The van der Waals surface area contributed by atoms with Crippen LogP contribution in [0.2, 0.25) is 0 Å². The number of aryl methyl sites for hydroxylation is 1. The van der Waals surface area contributed by atoms with Gasteiger partial charge in [-0.15, -0.1) is 0 Å². The Hall–Kier alpha value is -2.07. The highest BCUT2D eigenvalue weighted by Crippen LogP contribution is 2.27. The van der Waals surface area contributed by atoms with Crippen molar-refractivity contribution in [2.45, 2.75) is 6.92 Å². The molecule has 0 spiro atoms. The SMILES string of the molecule is COc1ccccc1-n1c(=S)[nH]c2c(C)cccc21. The van der Waals surface area contributed by atoms with E-state index in [4.69, 9.17) is 17.0 Å². The van der Waals surface area contributed by atoms with Crippen molar-refractivity contribution in [3.05, 3.63) is 52.8 Å². The van der Waals surface area contributed by atoms with Crippen molar-refractivity contribution >= 4 is 23.3 Å². The van der Waals surface area contributed by atoms with E-state index >= 15 is 0 Å². The first-order valence-corrected chi connectivity index (χ1v) is 6.47. The molecule has 0 aliphatic rings. The maximum absolute atomic E-state index is 5.45. The summed E-state index contributed by atoms with van der Waals surface area (Å²) in [7, 11) is 1.67. The Morgan fingerprint density at radius 2 is 1.89 bits per heavy atom. The lowest BCUT2D eigenvalue weighted by Crippen LogP contribution is -1.97. The fourth-order valence-electron chi connectivity index (χ4n) is 2.33. The largest absolute Gasteiger partial charge is 0.495 e. The zero-order valence-corrected chi connectivity index (χ0v) is 11.6. The van der Waals surface area contributed by atoms with E-state index in [-0.39, 0.29) is 0 Å². The van der Waals surface area contributed by atoms with Crippen LogP contribution in [-0.2, 0) is 0 Å². The molecule has 0 aliphatic carbocycles. The predicted molar refractivity (Wildman–Crippen MR) is 79.7 cm³/mol. The molecule has 19 heavy (non-hydrogen) atoms. The summed E-state index contributed by atoms with van der Waals surface area (Å²) in [5.74, 6) is 0.806. The van der Waals surface area contributed by atoms with Crippen molar-refractivity contribution in [2.24, 2.45) is 0 Å². The molecule has 0 bridgehead atoms. The highest BCUT2D eigenvalue weighted by atomic mass is 32.1. The van der Waals surface area contributed by atoms with Crippen molar-refractivity contribution in [1.29, 1.82) is 0 Å². The summed E-state index contributed by atoms with van der Waals surface area (Å²) in [6.07, 6.45) is 0. The van der Waals surface area contributed by atoms with Crippen LogP contribution in [0.3, 0.4) is 0 Å². The molecule has 2 aromatic carbocycles. The number of nitrogens with one attached hydrogen (secondary N) is 1. The van der Waals surface area contributed by atoms with Gasteiger partial charge in [0, 0.05) is 0 Å². The first-order valence-electron chi connectivity index (χ1n) is 6.06. The molecule has 96 valence electrons. The number of rotatable bonds is 2. The van der Waals surface area contributed by atoms with Crippen LogP contribution in [0, 0.1) is 11.7 Å². The number of aromatic nitrogens is 2. The molecule has 4 heteroatoms. The Morgan fingerprint density at radius 1 is 1.11 bits per heavy atom. The van der Waals surface area contributed by atoms with E-state index in [0.717, 1.165) is 22.5 Å². The van der Waals surface area contributed by atoms with Crippen molar-refractivity contribution in [1.82, 2.24) is 9.55 Å². The lowest BCUT2D eigenvalue weighted by molar-refractivity contribution is 0.413. The molecule has 3 rings (SSSR count). The fourth-order valence-corrected chi connectivity index (χ4v) is 2.63. The molecule has 3 aromatic rings. The van der Waals surface area contributed by atoms with Gasteiger partial charge in [-0.25, -0.2) is 0 Å². The second kappa shape index (κ2) is 4.55. The van der Waals surface area contributed by atoms with Crippen LogP contribution < -0.4 is 4.74 Å². The Labute approximate surface area is 116 Å². The Morgan fingerprint density at radius 3 is 2.68 bits per heavy atom. The molecule has 0 amide bonds. The second-order valence-corrected chi connectivity index (χ2v) is 4.79. The standard InChI is InChI=1S/C15H14N2OS/c1-10-6-5-8-12-14(10)16-15(19)17(12)11-7-3-4-9-13(11)18-2/h3-9H,1-2H3,(H,16,19). The van der Waals surface area contributed by atoms with Gasteiger partial charge >= 0.3 is 0 Å². The number of H-pyrrole nitrogens is 1. The minimum absolute atomic E-state index is 0.675. The predicted octanol–water partition coefficient (Wildman–Crippen LogP) is 4.01. The summed E-state index contributed by atoms with van der Waals surface area (Å²) < 4.78 is 8.11. The smallest absolute Gasteiger partial charge is 0.182 e. The normalized spacial score (nSPS) is 10.8. The zero-order valence-electron chi connectivity index (χ0n) is 10.8. The van der Waals surface area contributed by atoms with Gasteiger partial charge in [0.25, 0.3) is 0 Å². The summed E-state index contributed by atoms with van der Waals surface area (Å²) in [5, 5.41) is 0. The molecule has 0 aliphatic heterocycles. The van der Waals surface area contributed by atoms with E-state index in [1.165, 1.54) is 5.56 Å². The third-order valence-electron chi connectivity index (χ3n) is 3.25. The van der Waals surface area contributed by atoms with Crippen LogP contribution in [0.1, 0.15) is 5.56 Å². The van der Waals surface area contributed by atoms with Crippen molar-refractivity contribution in [3.63, 3.8) is 0 Å². The number of imidazole rings is 1. The van der Waals surface area contributed by atoms with Gasteiger partial charge in [-0.3, -0.25) is 4.57 Å². The summed E-state index contributed by atoms with van der Waals surface area (Å²) in [6, 6.07) is 14.0. The number of aromatic amines is 1. The molecule has 1 heterocycles. The van der Waals surface area contributed by atoms with Crippen LogP contribution >= 0.6 is 12.2 Å². The number of para-hydroxylation sites is 3. The minimum Gasteiger partial charge on any atom is -0.495 e. The van der Waals surface area contributed by atoms with Gasteiger partial charge in [-0.05, 0) is 42.9 Å². The molecule has 1 N–H and O–H groups in total. The third-order valence-corrected chi connectivity index (χ3v) is 3.54. The molecule has 0 saturated carbocycles. The quantitative estimate of drug-likeness (QED) is 0.713. The van der Waals surface area contributed by atoms with Gasteiger partial charge in [-0.1, -0.05) is 24.3 Å². The average molecular weight is 270 g/mol. The van der Waals surface area contributed by atoms with E-state index in [1.54, 1.807) is 7.11 Å². The summed E-state index contributed by atoms with van der Waals surface area (Å²) in [5.41, 5.74) is 4.26. The van der Waals surface area contributed by atoms with E-state index in [2.05, 4.69) is 24.0 Å². The first kappa shape index (κ1) is 12.0. The van der Waals surface area contributed by atoms with E-state index in [9.17, 15) is 0 Å². The summed E-state index contributed by atoms with van der Waals surface area (Å²) >= 11 is 5.45. The van der Waals surface area contributed by atoms with Crippen LogP contribution in [0.15, 0.2) is 42.5 Å². The van der Waals surface area contributed by atoms with E-state index < -0.39 is 0 Å². The number of methoxy groups -OCH3 is 1. The zero-order chi connectivity index (χ0) is 13.4. The number of fused-ring (bicyclic) bond motifs is 1. The van der Waals surface area contributed by atoms with Gasteiger partial charge < -0.3 is 9.72 Å². The maximum atomic E-state index is 5.45. The van der Waals surface area contributed by atoms with Crippen LogP contribution in [0.5, 0.6) is 5.75 Å². The van der Waals surface area contributed by atoms with Gasteiger partial charge in [0.1, 0.15) is 5.75 Å². The summed E-state index contributed by atoms with van der Waals surface area (Å²) in [4.78, 5) is 3.27. The molecule has 3 nitrogen and oxygen atoms in total. The van der Waals surface area contributed by atoms with Gasteiger partial charge in [-0.2, -0.15) is 0 Å². The topological polar surface area (TPSA) is 29.9 Å². The molecule has 0 radical (unpaired) electrons. The monoisotopic (exact) mass is 270 g/mol. The lowest BCUT2D eigenvalue weighted by atomic mass is 10.2. The minimum atomic E-state index is 0.675. The van der Waals surface area contributed by atoms with Gasteiger partial charge in [0.15, 0.2) is 4.77 Å². The third kappa shape index (κ3) is 1.85. The highest BCUT2D eigenvalue weighted by Gasteiger charge is 2.11. The molecule has 0 atom stereocenters. The Balaban J connectivity index is 2.40. The first-order chi connectivity index (χ1) is 9.22. The van der Waals surface area contributed by atoms with Crippen LogP contribution in [0.4, 0.5) is 0 Å². The molecule has 1 aromatic heterocycles.